The predicted octanol–water partition coefficient (Wildman–Crippen LogP) is 3.28. The number of hydrogen-bond acceptors (Lipinski definition) is 2. The molecule has 1 amide bonds. The highest BCUT2D eigenvalue weighted by molar-refractivity contribution is 5.96. The first-order valence-corrected chi connectivity index (χ1v) is 6.58. The molecule has 2 aromatic rings. The van der Waals surface area contributed by atoms with Gasteiger partial charge in [0.05, 0.1) is 0 Å². The lowest BCUT2D eigenvalue weighted by atomic mass is 10.1. The zero-order chi connectivity index (χ0) is 14.7. The third-order valence-electron chi connectivity index (χ3n) is 3.42. The summed E-state index contributed by atoms with van der Waals surface area (Å²) in [5.74, 6) is 0.0681. The maximum absolute atomic E-state index is 12.4. The highest BCUT2D eigenvalue weighted by atomic mass is 16.3. The summed E-state index contributed by atoms with van der Waals surface area (Å²) in [4.78, 5) is 14.1. The summed E-state index contributed by atoms with van der Waals surface area (Å²) in [6, 6.07) is 13.1. The molecule has 0 radical (unpaired) electrons. The van der Waals surface area contributed by atoms with E-state index in [9.17, 15) is 9.90 Å². The molecule has 0 aliphatic rings. The second kappa shape index (κ2) is 5.78. The number of hydrogen-bond donors (Lipinski definition) is 1. The monoisotopic (exact) mass is 269 g/mol. The van der Waals surface area contributed by atoms with Gasteiger partial charge in [-0.05, 0) is 31.5 Å². The van der Waals surface area contributed by atoms with Crippen LogP contribution in [0.25, 0.3) is 0 Å². The molecule has 3 heteroatoms. The van der Waals surface area contributed by atoms with Crippen molar-refractivity contribution in [1.29, 1.82) is 0 Å². The lowest BCUT2D eigenvalue weighted by Crippen LogP contribution is -2.26. The molecule has 0 heterocycles. The Bertz CT molecular complexity index is 617. The third kappa shape index (κ3) is 2.99. The maximum atomic E-state index is 12.4. The van der Waals surface area contributed by atoms with Crippen LogP contribution in [0, 0.1) is 13.8 Å². The van der Waals surface area contributed by atoms with Gasteiger partial charge in [-0.2, -0.15) is 0 Å². The zero-order valence-corrected chi connectivity index (χ0v) is 12.1. The summed E-state index contributed by atoms with van der Waals surface area (Å²) >= 11 is 0. The van der Waals surface area contributed by atoms with Crippen LogP contribution >= 0.6 is 0 Å². The summed E-state index contributed by atoms with van der Waals surface area (Å²) in [6.07, 6.45) is 0. The van der Waals surface area contributed by atoms with Crippen LogP contribution in [0.15, 0.2) is 42.5 Å². The first-order chi connectivity index (χ1) is 9.49. The van der Waals surface area contributed by atoms with Gasteiger partial charge in [0.15, 0.2) is 0 Å². The molecular weight excluding hydrogens is 250 g/mol. The Kier molecular flexibility index (Phi) is 4.08. The minimum atomic E-state index is -0.0843. The lowest BCUT2D eigenvalue weighted by Gasteiger charge is -2.19. The maximum Gasteiger partial charge on any atom is 0.254 e. The Morgan fingerprint density at radius 2 is 1.75 bits per heavy atom. The molecule has 0 aliphatic carbocycles. The van der Waals surface area contributed by atoms with Crippen LogP contribution in [0.1, 0.15) is 27.0 Å². The van der Waals surface area contributed by atoms with Gasteiger partial charge in [-0.15, -0.1) is 0 Å². The molecule has 0 saturated heterocycles. The molecule has 0 unspecified atom stereocenters. The molecule has 0 aliphatic heterocycles. The summed E-state index contributed by atoms with van der Waals surface area (Å²) in [5, 5.41) is 9.68. The summed E-state index contributed by atoms with van der Waals surface area (Å²) in [5.41, 5.74) is 3.45. The number of aryl methyl sites for hydroxylation is 1. The standard InChI is InChI=1S/C17H19NO2/c1-12-7-9-14(10-8-12)11-18(3)17(20)15-5-4-6-16(19)13(15)2/h4-10,19H,11H2,1-3H3. The molecule has 0 bridgehead atoms. The van der Waals surface area contributed by atoms with Crippen LogP contribution in [0.5, 0.6) is 5.75 Å². The van der Waals surface area contributed by atoms with Crippen molar-refractivity contribution in [1.82, 2.24) is 4.90 Å². The van der Waals surface area contributed by atoms with Gasteiger partial charge in [0.25, 0.3) is 5.91 Å². The number of rotatable bonds is 3. The SMILES string of the molecule is Cc1ccc(CN(C)C(=O)c2cccc(O)c2C)cc1. The van der Waals surface area contributed by atoms with E-state index in [2.05, 4.69) is 0 Å². The van der Waals surface area contributed by atoms with E-state index in [-0.39, 0.29) is 11.7 Å². The van der Waals surface area contributed by atoms with Crippen molar-refractivity contribution < 1.29 is 9.90 Å². The number of aromatic hydroxyl groups is 1. The van der Waals surface area contributed by atoms with E-state index in [1.54, 1.807) is 37.1 Å². The minimum Gasteiger partial charge on any atom is -0.508 e. The summed E-state index contributed by atoms with van der Waals surface area (Å²) in [6.45, 7) is 4.34. The fraction of sp³-hybridized carbons (Fsp3) is 0.235. The van der Waals surface area contributed by atoms with Crippen LogP contribution < -0.4 is 0 Å². The van der Waals surface area contributed by atoms with Gasteiger partial charge in [-0.25, -0.2) is 0 Å². The molecule has 0 saturated carbocycles. The number of phenols is 1. The Morgan fingerprint density at radius 1 is 1.10 bits per heavy atom. The predicted molar refractivity (Wildman–Crippen MR) is 79.8 cm³/mol. The van der Waals surface area contributed by atoms with Crippen molar-refractivity contribution >= 4 is 5.91 Å². The van der Waals surface area contributed by atoms with Gasteiger partial charge in [-0.1, -0.05) is 35.9 Å². The van der Waals surface area contributed by atoms with Gasteiger partial charge >= 0.3 is 0 Å². The molecule has 2 rings (SSSR count). The van der Waals surface area contributed by atoms with E-state index in [1.807, 2.05) is 31.2 Å². The first kappa shape index (κ1) is 14.1. The molecule has 2 aromatic carbocycles. The zero-order valence-electron chi connectivity index (χ0n) is 12.1. The average molecular weight is 269 g/mol. The number of benzene rings is 2. The van der Waals surface area contributed by atoms with E-state index in [0.29, 0.717) is 17.7 Å². The molecule has 3 nitrogen and oxygen atoms in total. The van der Waals surface area contributed by atoms with Crippen LogP contribution in [0.4, 0.5) is 0 Å². The largest absolute Gasteiger partial charge is 0.508 e. The van der Waals surface area contributed by atoms with E-state index in [1.165, 1.54) is 5.56 Å². The molecule has 0 spiro atoms. The molecule has 1 N–H and O–H groups in total. The normalized spacial score (nSPS) is 10.3. The van der Waals surface area contributed by atoms with Crippen molar-refractivity contribution in [2.45, 2.75) is 20.4 Å². The van der Waals surface area contributed by atoms with E-state index in [4.69, 9.17) is 0 Å². The fourth-order valence-electron chi connectivity index (χ4n) is 2.10. The van der Waals surface area contributed by atoms with Gasteiger partial charge in [0.1, 0.15) is 5.75 Å². The molecule has 0 atom stereocenters. The Balaban J connectivity index is 2.16. The van der Waals surface area contributed by atoms with Crippen molar-refractivity contribution in [2.75, 3.05) is 7.05 Å². The minimum absolute atomic E-state index is 0.0843. The first-order valence-electron chi connectivity index (χ1n) is 6.58. The molecule has 20 heavy (non-hydrogen) atoms. The fourth-order valence-corrected chi connectivity index (χ4v) is 2.10. The van der Waals surface area contributed by atoms with Crippen molar-refractivity contribution in [2.24, 2.45) is 0 Å². The third-order valence-corrected chi connectivity index (χ3v) is 3.42. The number of amides is 1. The van der Waals surface area contributed by atoms with Crippen LogP contribution in [-0.4, -0.2) is 23.0 Å². The highest BCUT2D eigenvalue weighted by Gasteiger charge is 2.15. The Morgan fingerprint density at radius 3 is 2.40 bits per heavy atom. The van der Waals surface area contributed by atoms with Crippen LogP contribution in [0.3, 0.4) is 0 Å². The summed E-state index contributed by atoms with van der Waals surface area (Å²) < 4.78 is 0. The van der Waals surface area contributed by atoms with E-state index < -0.39 is 0 Å². The molecular formula is C17H19NO2. The topological polar surface area (TPSA) is 40.5 Å². The van der Waals surface area contributed by atoms with E-state index >= 15 is 0 Å². The molecule has 104 valence electrons. The van der Waals surface area contributed by atoms with Crippen LogP contribution in [0.2, 0.25) is 0 Å². The van der Waals surface area contributed by atoms with Gasteiger partial charge in [0, 0.05) is 24.7 Å². The second-order valence-corrected chi connectivity index (χ2v) is 5.10. The van der Waals surface area contributed by atoms with Crippen LogP contribution in [-0.2, 0) is 6.54 Å². The molecule has 0 fully saturated rings. The summed E-state index contributed by atoms with van der Waals surface area (Å²) in [7, 11) is 1.77. The number of carbonyl (C=O) groups is 1. The Hall–Kier alpha value is -2.29. The molecule has 0 aromatic heterocycles. The van der Waals surface area contributed by atoms with E-state index in [0.717, 1.165) is 5.56 Å². The quantitative estimate of drug-likeness (QED) is 0.929. The number of nitrogens with zero attached hydrogens (tertiary/aromatic N) is 1. The second-order valence-electron chi connectivity index (χ2n) is 5.10. The van der Waals surface area contributed by atoms with Gasteiger partial charge in [0.2, 0.25) is 0 Å². The van der Waals surface area contributed by atoms with Gasteiger partial charge < -0.3 is 10.0 Å². The van der Waals surface area contributed by atoms with Crippen molar-refractivity contribution in [3.05, 3.63) is 64.7 Å². The van der Waals surface area contributed by atoms with Gasteiger partial charge in [-0.3, -0.25) is 4.79 Å². The Labute approximate surface area is 119 Å². The smallest absolute Gasteiger partial charge is 0.254 e. The highest BCUT2D eigenvalue weighted by Crippen LogP contribution is 2.21. The number of carbonyl (C=O) groups excluding carboxylic acids is 1. The average Bonchev–Trinajstić information content (AvgIpc) is 2.43. The van der Waals surface area contributed by atoms with Crippen molar-refractivity contribution in [3.63, 3.8) is 0 Å². The lowest BCUT2D eigenvalue weighted by molar-refractivity contribution is 0.0784. The number of phenolic OH excluding ortho intramolecular Hbond substituents is 1. The van der Waals surface area contributed by atoms with Crippen molar-refractivity contribution in [3.8, 4) is 5.75 Å².